The molecule has 0 bridgehead atoms. The summed E-state index contributed by atoms with van der Waals surface area (Å²) in [6.45, 7) is 5.47. The molecular formula is C17H19N5O2. The molecule has 2 aromatic heterocycles. The quantitative estimate of drug-likeness (QED) is 0.770. The number of aryl methyl sites for hydroxylation is 2. The maximum Gasteiger partial charge on any atom is 0.319 e. The third kappa shape index (κ3) is 3.29. The highest BCUT2D eigenvalue weighted by molar-refractivity contribution is 5.90. The first-order chi connectivity index (χ1) is 11.5. The summed E-state index contributed by atoms with van der Waals surface area (Å²) in [7, 11) is 0. The van der Waals surface area contributed by atoms with Crippen molar-refractivity contribution >= 4 is 11.7 Å². The minimum atomic E-state index is -0.301. The highest BCUT2D eigenvalue weighted by Crippen LogP contribution is 2.20. The summed E-state index contributed by atoms with van der Waals surface area (Å²) in [5, 5.41) is 9.52. The van der Waals surface area contributed by atoms with E-state index in [9.17, 15) is 4.79 Å². The Kier molecular flexibility index (Phi) is 4.33. The average molecular weight is 325 g/mol. The minimum absolute atomic E-state index is 0.158. The van der Waals surface area contributed by atoms with Crippen molar-refractivity contribution in [1.82, 2.24) is 20.0 Å². The standard InChI is InChI=1S/C17H19N5O2/c1-11(19-17(23)20-16-12(2)21-24-13(16)3)14-5-4-6-15(9-14)22-8-7-18-10-22/h4-11H,1-3H3,(H2,19,20,23)/t11-/m0/s1. The summed E-state index contributed by atoms with van der Waals surface area (Å²) in [5.41, 5.74) is 3.24. The van der Waals surface area contributed by atoms with Gasteiger partial charge in [0.25, 0.3) is 0 Å². The van der Waals surface area contributed by atoms with Crippen LogP contribution >= 0.6 is 0 Å². The molecule has 3 rings (SSSR count). The van der Waals surface area contributed by atoms with E-state index in [1.54, 1.807) is 26.4 Å². The Morgan fingerprint density at radius 2 is 2.17 bits per heavy atom. The van der Waals surface area contributed by atoms with Crippen LogP contribution in [0.1, 0.15) is 30.0 Å². The minimum Gasteiger partial charge on any atom is -0.359 e. The predicted molar refractivity (Wildman–Crippen MR) is 90.1 cm³/mol. The van der Waals surface area contributed by atoms with E-state index in [-0.39, 0.29) is 12.1 Å². The number of benzene rings is 1. The van der Waals surface area contributed by atoms with E-state index in [0.717, 1.165) is 11.3 Å². The van der Waals surface area contributed by atoms with E-state index in [1.165, 1.54) is 0 Å². The Balaban J connectivity index is 1.70. The van der Waals surface area contributed by atoms with Gasteiger partial charge in [-0.15, -0.1) is 0 Å². The number of urea groups is 1. The van der Waals surface area contributed by atoms with Gasteiger partial charge < -0.3 is 19.7 Å². The Morgan fingerprint density at radius 1 is 1.33 bits per heavy atom. The number of anilines is 1. The molecule has 0 spiro atoms. The average Bonchev–Trinajstić information content (AvgIpc) is 3.21. The number of aromatic nitrogens is 3. The molecule has 0 radical (unpaired) electrons. The normalized spacial score (nSPS) is 12.0. The van der Waals surface area contributed by atoms with Crippen LogP contribution in [0.2, 0.25) is 0 Å². The molecule has 0 aliphatic carbocycles. The number of hydrogen-bond donors (Lipinski definition) is 2. The van der Waals surface area contributed by atoms with E-state index < -0.39 is 0 Å². The summed E-state index contributed by atoms with van der Waals surface area (Å²) in [6, 6.07) is 7.47. The van der Waals surface area contributed by atoms with E-state index in [4.69, 9.17) is 4.52 Å². The fraction of sp³-hybridized carbons (Fsp3) is 0.235. The fourth-order valence-electron chi connectivity index (χ4n) is 2.46. The Labute approximate surface area is 139 Å². The zero-order chi connectivity index (χ0) is 17.1. The van der Waals surface area contributed by atoms with Gasteiger partial charge >= 0.3 is 6.03 Å². The van der Waals surface area contributed by atoms with Crippen LogP contribution in [0, 0.1) is 13.8 Å². The molecular weight excluding hydrogens is 306 g/mol. The monoisotopic (exact) mass is 325 g/mol. The van der Waals surface area contributed by atoms with E-state index in [1.807, 2.05) is 42.0 Å². The van der Waals surface area contributed by atoms with Gasteiger partial charge in [0.1, 0.15) is 11.4 Å². The van der Waals surface area contributed by atoms with Gasteiger partial charge in [0.05, 0.1) is 12.4 Å². The molecule has 0 saturated carbocycles. The molecule has 1 atom stereocenters. The Hall–Kier alpha value is -3.09. The highest BCUT2D eigenvalue weighted by atomic mass is 16.5. The lowest BCUT2D eigenvalue weighted by Crippen LogP contribution is -2.31. The van der Waals surface area contributed by atoms with Gasteiger partial charge in [0.15, 0.2) is 5.76 Å². The number of hydrogen-bond acceptors (Lipinski definition) is 4. The summed E-state index contributed by atoms with van der Waals surface area (Å²) in [4.78, 5) is 16.3. The fourth-order valence-corrected chi connectivity index (χ4v) is 2.46. The van der Waals surface area contributed by atoms with Crippen LogP contribution in [0.4, 0.5) is 10.5 Å². The van der Waals surface area contributed by atoms with Crippen LogP contribution < -0.4 is 10.6 Å². The molecule has 0 aliphatic rings. The molecule has 0 saturated heterocycles. The number of carbonyl (C=O) groups excluding carboxylic acids is 1. The molecule has 24 heavy (non-hydrogen) atoms. The molecule has 0 aliphatic heterocycles. The number of nitrogens with one attached hydrogen (secondary N) is 2. The predicted octanol–water partition coefficient (Wildman–Crippen LogP) is 3.36. The molecule has 0 unspecified atom stereocenters. The summed E-state index contributed by atoms with van der Waals surface area (Å²) >= 11 is 0. The zero-order valence-corrected chi connectivity index (χ0v) is 13.8. The lowest BCUT2D eigenvalue weighted by atomic mass is 10.1. The van der Waals surface area contributed by atoms with Crippen LogP contribution in [0.5, 0.6) is 0 Å². The van der Waals surface area contributed by atoms with Gasteiger partial charge in [-0.1, -0.05) is 17.3 Å². The Bertz CT molecular complexity index is 819. The molecule has 124 valence electrons. The van der Waals surface area contributed by atoms with Crippen molar-refractivity contribution in [3.63, 3.8) is 0 Å². The first kappa shape index (κ1) is 15.8. The lowest BCUT2D eigenvalue weighted by molar-refractivity contribution is 0.249. The summed E-state index contributed by atoms with van der Waals surface area (Å²) in [6.07, 6.45) is 5.34. The SMILES string of the molecule is Cc1noc(C)c1NC(=O)N[C@@H](C)c1cccc(-n2ccnc2)c1. The summed E-state index contributed by atoms with van der Waals surface area (Å²) in [5.74, 6) is 0.581. The van der Waals surface area contributed by atoms with Crippen molar-refractivity contribution in [1.29, 1.82) is 0 Å². The Morgan fingerprint density at radius 3 is 2.83 bits per heavy atom. The van der Waals surface area contributed by atoms with Crippen molar-refractivity contribution in [3.8, 4) is 5.69 Å². The highest BCUT2D eigenvalue weighted by Gasteiger charge is 2.15. The zero-order valence-electron chi connectivity index (χ0n) is 13.8. The van der Waals surface area contributed by atoms with Crippen LogP contribution in [-0.4, -0.2) is 20.7 Å². The maximum absolute atomic E-state index is 12.2. The second kappa shape index (κ2) is 6.57. The van der Waals surface area contributed by atoms with Crippen molar-refractivity contribution in [2.75, 3.05) is 5.32 Å². The molecule has 2 amide bonds. The van der Waals surface area contributed by atoms with Gasteiger partial charge in [-0.05, 0) is 38.5 Å². The van der Waals surface area contributed by atoms with E-state index in [2.05, 4.69) is 20.8 Å². The molecule has 1 aromatic carbocycles. The third-order valence-electron chi connectivity index (χ3n) is 3.79. The number of amides is 2. The first-order valence-electron chi connectivity index (χ1n) is 7.63. The van der Waals surface area contributed by atoms with Crippen LogP contribution in [0.25, 0.3) is 5.69 Å². The molecule has 3 aromatic rings. The molecule has 7 nitrogen and oxygen atoms in total. The van der Waals surface area contributed by atoms with Crippen LogP contribution in [-0.2, 0) is 0 Å². The van der Waals surface area contributed by atoms with Crippen molar-refractivity contribution in [2.45, 2.75) is 26.8 Å². The smallest absolute Gasteiger partial charge is 0.319 e. The number of carbonyl (C=O) groups is 1. The number of nitrogens with zero attached hydrogens (tertiary/aromatic N) is 3. The van der Waals surface area contributed by atoms with E-state index >= 15 is 0 Å². The molecule has 0 fully saturated rings. The van der Waals surface area contributed by atoms with Gasteiger partial charge in [-0.25, -0.2) is 9.78 Å². The van der Waals surface area contributed by atoms with Gasteiger partial charge in [0, 0.05) is 18.1 Å². The van der Waals surface area contributed by atoms with Crippen LogP contribution in [0.3, 0.4) is 0 Å². The molecule has 2 N–H and O–H groups in total. The first-order valence-corrected chi connectivity index (χ1v) is 7.63. The molecule has 2 heterocycles. The van der Waals surface area contributed by atoms with Crippen molar-refractivity contribution < 1.29 is 9.32 Å². The summed E-state index contributed by atoms with van der Waals surface area (Å²) < 4.78 is 6.96. The van der Waals surface area contributed by atoms with Gasteiger partial charge in [0.2, 0.25) is 0 Å². The second-order valence-corrected chi connectivity index (χ2v) is 5.58. The largest absolute Gasteiger partial charge is 0.359 e. The van der Waals surface area contributed by atoms with Crippen LogP contribution in [0.15, 0.2) is 47.5 Å². The number of rotatable bonds is 4. The van der Waals surface area contributed by atoms with Gasteiger partial charge in [-0.3, -0.25) is 0 Å². The third-order valence-corrected chi connectivity index (χ3v) is 3.79. The number of imidazole rings is 1. The van der Waals surface area contributed by atoms with Crippen molar-refractivity contribution in [3.05, 3.63) is 60.0 Å². The molecule has 7 heteroatoms. The second-order valence-electron chi connectivity index (χ2n) is 5.58. The van der Waals surface area contributed by atoms with E-state index in [0.29, 0.717) is 17.1 Å². The van der Waals surface area contributed by atoms with Gasteiger partial charge in [-0.2, -0.15) is 0 Å². The maximum atomic E-state index is 12.2. The lowest BCUT2D eigenvalue weighted by Gasteiger charge is -2.16. The van der Waals surface area contributed by atoms with Crippen molar-refractivity contribution in [2.24, 2.45) is 0 Å². The topological polar surface area (TPSA) is 85.0 Å².